The van der Waals surface area contributed by atoms with Crippen LogP contribution in [0.3, 0.4) is 0 Å². The number of amides is 2. The lowest BCUT2D eigenvalue weighted by Crippen LogP contribution is -2.33. The van der Waals surface area contributed by atoms with Gasteiger partial charge in [-0.2, -0.15) is 0 Å². The van der Waals surface area contributed by atoms with E-state index in [-0.39, 0.29) is 41.2 Å². The van der Waals surface area contributed by atoms with Crippen LogP contribution in [0.4, 0.5) is 11.4 Å². The van der Waals surface area contributed by atoms with Gasteiger partial charge in [-0.25, -0.2) is 4.90 Å². The fourth-order valence-electron chi connectivity index (χ4n) is 5.33. The van der Waals surface area contributed by atoms with Crippen molar-refractivity contribution in [2.75, 3.05) is 4.90 Å². The molecule has 26 heavy (non-hydrogen) atoms. The number of carbonyl (C=O) groups is 2. The Morgan fingerprint density at radius 2 is 1.62 bits per heavy atom. The first kappa shape index (κ1) is 15.5. The van der Waals surface area contributed by atoms with E-state index in [4.69, 9.17) is 0 Å². The van der Waals surface area contributed by atoms with E-state index in [1.165, 1.54) is 47.1 Å². The Balaban J connectivity index is 1.54. The molecule has 1 aromatic carbocycles. The summed E-state index contributed by atoms with van der Waals surface area (Å²) in [5, 5.41) is 11.0. The minimum absolute atomic E-state index is 0.0262. The zero-order valence-electron chi connectivity index (χ0n) is 14.1. The molecule has 4 aliphatic rings. The highest BCUT2D eigenvalue weighted by atomic mass is 16.6. The maximum atomic E-state index is 13.1. The average Bonchev–Trinajstić information content (AvgIpc) is 3.38. The van der Waals surface area contributed by atoms with Crippen molar-refractivity contribution in [3.63, 3.8) is 0 Å². The number of carbonyl (C=O) groups excluding carboxylic acids is 2. The third-order valence-electron chi connectivity index (χ3n) is 6.33. The number of nitro benzene ring substituents is 1. The van der Waals surface area contributed by atoms with Crippen LogP contribution in [-0.4, -0.2) is 16.7 Å². The number of fused-ring (bicyclic) bond motifs is 5. The van der Waals surface area contributed by atoms with Gasteiger partial charge >= 0.3 is 0 Å². The lowest BCUT2D eigenvalue weighted by Gasteiger charge is -2.19. The molecule has 3 aliphatic carbocycles. The topological polar surface area (TPSA) is 80.5 Å². The van der Waals surface area contributed by atoms with E-state index in [2.05, 4.69) is 12.2 Å². The van der Waals surface area contributed by atoms with Crippen LogP contribution >= 0.6 is 0 Å². The molecule has 0 N–H and O–H groups in total. The Hall–Kier alpha value is -2.76. The third kappa shape index (κ3) is 1.92. The van der Waals surface area contributed by atoms with Gasteiger partial charge < -0.3 is 0 Å². The van der Waals surface area contributed by atoms with Crippen molar-refractivity contribution in [2.24, 2.45) is 23.7 Å². The van der Waals surface area contributed by atoms with E-state index in [1.54, 1.807) is 6.07 Å². The van der Waals surface area contributed by atoms with E-state index < -0.39 is 4.92 Å². The van der Waals surface area contributed by atoms with Crippen LogP contribution in [-0.2, 0) is 9.59 Å². The van der Waals surface area contributed by atoms with Crippen molar-refractivity contribution in [1.82, 2.24) is 0 Å². The predicted octanol–water partition coefficient (Wildman–Crippen LogP) is 3.39. The molecule has 6 nitrogen and oxygen atoms in total. The number of hydrogen-bond donors (Lipinski definition) is 0. The summed E-state index contributed by atoms with van der Waals surface area (Å²) in [6.45, 7) is 0. The molecule has 5 rings (SSSR count). The molecule has 1 saturated heterocycles. The summed E-state index contributed by atoms with van der Waals surface area (Å²) in [5.74, 6) is -1.07. The second kappa shape index (κ2) is 5.37. The number of non-ortho nitro benzene ring substituents is 1. The average molecular weight is 350 g/mol. The smallest absolute Gasteiger partial charge is 0.271 e. The molecule has 1 aliphatic heterocycles. The van der Waals surface area contributed by atoms with E-state index in [1.807, 2.05) is 0 Å². The Morgan fingerprint density at radius 1 is 1.00 bits per heavy atom. The summed E-state index contributed by atoms with van der Waals surface area (Å²) in [5.41, 5.74) is 2.95. The minimum atomic E-state index is -0.511. The van der Waals surface area contributed by atoms with Gasteiger partial charge in [0.25, 0.3) is 5.69 Å². The monoisotopic (exact) mass is 350 g/mol. The quantitative estimate of drug-likeness (QED) is 0.354. The minimum Gasteiger partial charge on any atom is -0.274 e. The summed E-state index contributed by atoms with van der Waals surface area (Å²) in [6.07, 6.45) is 8.73. The van der Waals surface area contributed by atoms with Gasteiger partial charge in [-0.3, -0.25) is 19.7 Å². The van der Waals surface area contributed by atoms with Gasteiger partial charge in [-0.15, -0.1) is 0 Å². The summed E-state index contributed by atoms with van der Waals surface area (Å²) in [7, 11) is 0. The van der Waals surface area contributed by atoms with Crippen LogP contribution < -0.4 is 4.90 Å². The zero-order chi connectivity index (χ0) is 18.0. The van der Waals surface area contributed by atoms with Crippen LogP contribution in [0.25, 0.3) is 0 Å². The van der Waals surface area contributed by atoms with Gasteiger partial charge in [-0.1, -0.05) is 29.4 Å². The molecule has 1 aromatic rings. The summed E-state index contributed by atoms with van der Waals surface area (Å²) in [4.78, 5) is 37.9. The van der Waals surface area contributed by atoms with Crippen LogP contribution in [0.5, 0.6) is 0 Å². The number of benzene rings is 1. The molecule has 2 saturated carbocycles. The van der Waals surface area contributed by atoms with E-state index in [9.17, 15) is 19.7 Å². The first-order chi connectivity index (χ1) is 12.6. The highest BCUT2D eigenvalue weighted by molar-refractivity contribution is 6.23. The second-order valence-corrected chi connectivity index (χ2v) is 7.54. The number of hydrogen-bond acceptors (Lipinski definition) is 4. The predicted molar refractivity (Wildman–Crippen MR) is 94.2 cm³/mol. The molecule has 6 heteroatoms. The largest absolute Gasteiger partial charge is 0.274 e. The Kier molecular flexibility index (Phi) is 3.20. The molecule has 2 bridgehead atoms. The number of rotatable bonds is 2. The maximum Gasteiger partial charge on any atom is 0.271 e. The summed E-state index contributed by atoms with van der Waals surface area (Å²) >= 11 is 0. The van der Waals surface area contributed by atoms with Crippen LogP contribution in [0.15, 0.2) is 47.6 Å². The van der Waals surface area contributed by atoms with E-state index >= 15 is 0 Å². The molecule has 2 amide bonds. The Labute approximate surface area is 150 Å². The third-order valence-corrected chi connectivity index (χ3v) is 6.33. The Morgan fingerprint density at radius 3 is 2.19 bits per heavy atom. The number of imide groups is 1. The van der Waals surface area contributed by atoms with Gasteiger partial charge in [-0.05, 0) is 31.7 Å². The fraction of sp³-hybridized carbons (Fsp3) is 0.400. The Bertz CT molecular complexity index is 874. The van der Waals surface area contributed by atoms with Gasteiger partial charge in [0.05, 0.1) is 22.4 Å². The first-order valence-corrected chi connectivity index (χ1v) is 9.10. The molecular formula is C20H18N2O4. The standard InChI is InChI=1S/C20H18N2O4/c23-19-17-14-8-9-15(16(14)11-4-1-2-5-11)18(17)20(24)21(19)12-6-3-7-13(10-12)22(25)26/h3,6-10,14-15,17-18H,1-2,4-5H2/t14-,15-,17-,18+/m0/s1. The normalized spacial score (nSPS) is 32.1. The lowest BCUT2D eigenvalue weighted by atomic mass is 9.85. The van der Waals surface area contributed by atoms with Crippen LogP contribution in [0.1, 0.15) is 25.7 Å². The van der Waals surface area contributed by atoms with Crippen molar-refractivity contribution in [1.29, 1.82) is 0 Å². The first-order valence-electron chi connectivity index (χ1n) is 9.10. The molecule has 3 fully saturated rings. The summed E-state index contributed by atoms with van der Waals surface area (Å²) < 4.78 is 0. The van der Waals surface area contributed by atoms with Crippen molar-refractivity contribution in [2.45, 2.75) is 25.7 Å². The lowest BCUT2D eigenvalue weighted by molar-refractivity contribution is -0.384. The number of allylic oxidation sites excluding steroid dienone is 4. The van der Waals surface area contributed by atoms with Gasteiger partial charge in [0.2, 0.25) is 11.8 Å². The number of nitrogens with zero attached hydrogens (tertiary/aromatic N) is 2. The molecule has 0 radical (unpaired) electrons. The maximum absolute atomic E-state index is 13.1. The molecule has 0 aromatic heterocycles. The molecule has 0 spiro atoms. The van der Waals surface area contributed by atoms with Crippen molar-refractivity contribution >= 4 is 23.2 Å². The summed E-state index contributed by atoms with van der Waals surface area (Å²) in [6, 6.07) is 5.78. The van der Waals surface area contributed by atoms with Crippen LogP contribution in [0.2, 0.25) is 0 Å². The van der Waals surface area contributed by atoms with Crippen molar-refractivity contribution < 1.29 is 14.5 Å². The van der Waals surface area contributed by atoms with Gasteiger partial charge in [0.15, 0.2) is 0 Å². The van der Waals surface area contributed by atoms with Gasteiger partial charge in [0, 0.05) is 24.0 Å². The van der Waals surface area contributed by atoms with E-state index in [0.29, 0.717) is 5.69 Å². The zero-order valence-corrected chi connectivity index (χ0v) is 14.1. The highest BCUT2D eigenvalue weighted by Crippen LogP contribution is 2.58. The van der Waals surface area contributed by atoms with Crippen molar-refractivity contribution in [3.8, 4) is 0 Å². The molecule has 1 heterocycles. The molecule has 4 atom stereocenters. The molecule has 132 valence electrons. The number of anilines is 1. The van der Waals surface area contributed by atoms with E-state index in [0.717, 1.165) is 12.8 Å². The highest BCUT2D eigenvalue weighted by Gasteiger charge is 2.62. The molecular weight excluding hydrogens is 332 g/mol. The fourth-order valence-corrected chi connectivity index (χ4v) is 5.33. The van der Waals surface area contributed by atoms with Crippen molar-refractivity contribution in [3.05, 3.63) is 57.7 Å². The molecule has 0 unspecified atom stereocenters. The SMILES string of the molecule is O=C1[C@@H]2[C@H](C(=O)N1c1cccc([N+](=O)[O-])c1)[C@H]1C=C[C@H]2C1=C1CCCC1. The van der Waals surface area contributed by atoms with Crippen LogP contribution in [0, 0.1) is 33.8 Å². The second-order valence-electron chi connectivity index (χ2n) is 7.54. The number of nitro groups is 1. The van der Waals surface area contributed by atoms with Gasteiger partial charge in [0.1, 0.15) is 0 Å².